The molecule has 0 saturated heterocycles. The first-order chi connectivity index (χ1) is 11.6. The first kappa shape index (κ1) is 15.1. The van der Waals surface area contributed by atoms with Crippen molar-refractivity contribution in [3.63, 3.8) is 0 Å². The third-order valence-electron chi connectivity index (χ3n) is 3.11. The van der Waals surface area contributed by atoms with Gasteiger partial charge in [-0.25, -0.2) is 0 Å². The molecule has 1 aromatic carbocycles. The minimum absolute atomic E-state index is 0.255. The van der Waals surface area contributed by atoms with E-state index in [1.54, 1.807) is 30.5 Å². The Kier molecular flexibility index (Phi) is 3.85. The van der Waals surface area contributed by atoms with Gasteiger partial charge >= 0.3 is 0 Å². The maximum absolute atomic E-state index is 12.1. The van der Waals surface area contributed by atoms with Crippen LogP contribution in [0.5, 0.6) is 5.88 Å². The van der Waals surface area contributed by atoms with Crippen molar-refractivity contribution in [2.45, 2.75) is 0 Å². The number of anilines is 1. The average molecular weight is 326 g/mol. The molecule has 0 fully saturated rings. The summed E-state index contributed by atoms with van der Waals surface area (Å²) >= 11 is 0. The summed E-state index contributed by atoms with van der Waals surface area (Å²) in [5.74, 6) is -2.04. The molecule has 0 aliphatic rings. The Bertz CT molecular complexity index is 946. The van der Waals surface area contributed by atoms with Gasteiger partial charge in [0.2, 0.25) is 5.88 Å². The van der Waals surface area contributed by atoms with E-state index < -0.39 is 22.9 Å². The van der Waals surface area contributed by atoms with Crippen molar-refractivity contribution in [2.75, 3.05) is 5.32 Å². The van der Waals surface area contributed by atoms with Crippen LogP contribution in [0.25, 0.3) is 11.3 Å². The van der Waals surface area contributed by atoms with Crippen molar-refractivity contribution >= 4 is 17.9 Å². The molecule has 3 aromatic rings. The molecule has 0 unspecified atom stereocenters. The van der Waals surface area contributed by atoms with E-state index in [4.69, 9.17) is 0 Å². The Morgan fingerprint density at radius 2 is 2.00 bits per heavy atom. The smallest absolute Gasteiger partial charge is 0.268 e. The molecular formula is C14H10N6O4. The molecule has 3 rings (SSSR count). The highest BCUT2D eigenvalue weighted by atomic mass is 16.3. The first-order valence-corrected chi connectivity index (χ1v) is 6.64. The van der Waals surface area contributed by atoms with E-state index in [0.717, 1.165) is 5.56 Å². The number of carbonyl (C=O) groups is 2. The number of H-pyrrole nitrogens is 2. The van der Waals surface area contributed by atoms with E-state index in [9.17, 15) is 19.5 Å². The number of hydrogen-bond donors (Lipinski definition) is 4. The highest BCUT2D eigenvalue weighted by molar-refractivity contribution is 6.05. The Hall–Kier alpha value is -3.82. The van der Waals surface area contributed by atoms with E-state index >= 15 is 0 Å². The van der Waals surface area contributed by atoms with Crippen molar-refractivity contribution in [2.24, 2.45) is 0 Å². The summed E-state index contributed by atoms with van der Waals surface area (Å²) in [6.07, 6.45) is 1.80. The lowest BCUT2D eigenvalue weighted by molar-refractivity contribution is 0.101. The lowest BCUT2D eigenvalue weighted by Crippen LogP contribution is -2.25. The number of benzene rings is 1. The van der Waals surface area contributed by atoms with Crippen LogP contribution in [0.4, 0.5) is 5.69 Å². The fourth-order valence-electron chi connectivity index (χ4n) is 2.00. The van der Waals surface area contributed by atoms with Crippen LogP contribution >= 0.6 is 0 Å². The summed E-state index contributed by atoms with van der Waals surface area (Å²) in [6.45, 7) is 0. The van der Waals surface area contributed by atoms with E-state index in [1.807, 2.05) is 0 Å². The molecule has 1 amide bonds. The van der Waals surface area contributed by atoms with Crippen LogP contribution in [0, 0.1) is 0 Å². The maximum atomic E-state index is 12.1. The second-order valence-corrected chi connectivity index (χ2v) is 4.65. The molecule has 2 heterocycles. The van der Waals surface area contributed by atoms with E-state index in [2.05, 4.69) is 30.7 Å². The van der Waals surface area contributed by atoms with Crippen molar-refractivity contribution in [1.82, 2.24) is 25.4 Å². The molecule has 10 heteroatoms. The number of aromatic nitrogens is 5. The molecule has 0 aliphatic carbocycles. The van der Waals surface area contributed by atoms with Crippen LogP contribution in [0.15, 0.2) is 35.3 Å². The highest BCUT2D eigenvalue weighted by Gasteiger charge is 2.19. The van der Waals surface area contributed by atoms with Gasteiger partial charge in [-0.2, -0.15) is 20.4 Å². The average Bonchev–Trinajstić information content (AvgIpc) is 3.09. The highest BCUT2D eigenvalue weighted by Crippen LogP contribution is 2.19. The summed E-state index contributed by atoms with van der Waals surface area (Å²) < 4.78 is 0. The van der Waals surface area contributed by atoms with Gasteiger partial charge in [-0.05, 0) is 12.1 Å². The van der Waals surface area contributed by atoms with Gasteiger partial charge in [-0.15, -0.1) is 0 Å². The molecule has 0 aliphatic heterocycles. The molecule has 0 saturated carbocycles. The predicted molar refractivity (Wildman–Crippen MR) is 81.7 cm³/mol. The molecule has 2 aromatic heterocycles. The predicted octanol–water partition coefficient (Wildman–Crippen LogP) is 0.325. The van der Waals surface area contributed by atoms with Gasteiger partial charge in [-0.1, -0.05) is 12.1 Å². The zero-order valence-corrected chi connectivity index (χ0v) is 12.0. The number of aromatic hydroxyl groups is 1. The van der Waals surface area contributed by atoms with Gasteiger partial charge in [0.1, 0.15) is 5.69 Å². The minimum atomic E-state index is -0.915. The normalized spacial score (nSPS) is 10.3. The van der Waals surface area contributed by atoms with Crippen molar-refractivity contribution in [3.8, 4) is 17.1 Å². The van der Waals surface area contributed by atoms with Crippen LogP contribution < -0.4 is 10.9 Å². The Morgan fingerprint density at radius 1 is 1.25 bits per heavy atom. The van der Waals surface area contributed by atoms with E-state index in [0.29, 0.717) is 11.4 Å². The summed E-state index contributed by atoms with van der Waals surface area (Å²) in [6, 6.07) is 6.59. The van der Waals surface area contributed by atoms with Gasteiger partial charge in [0.25, 0.3) is 11.5 Å². The Labute approximate surface area is 133 Å². The second-order valence-electron chi connectivity index (χ2n) is 4.65. The van der Waals surface area contributed by atoms with E-state index in [-0.39, 0.29) is 12.1 Å². The van der Waals surface area contributed by atoms with Crippen molar-refractivity contribution in [3.05, 3.63) is 52.2 Å². The molecule has 120 valence electrons. The lowest BCUT2D eigenvalue weighted by atomic mass is 10.1. The third kappa shape index (κ3) is 2.88. The molecule has 0 radical (unpaired) electrons. The number of carbonyl (C=O) groups excluding carboxylic acids is 2. The van der Waals surface area contributed by atoms with Gasteiger partial charge in [0.15, 0.2) is 17.7 Å². The van der Waals surface area contributed by atoms with Crippen LogP contribution in [-0.2, 0) is 0 Å². The Morgan fingerprint density at radius 3 is 2.58 bits per heavy atom. The lowest BCUT2D eigenvalue weighted by Gasteiger charge is -2.06. The SMILES string of the molecule is O=Cc1nc(O)c(C(=O)Nc2ccc(-c3cn[nH]n3)cc2)c(=O)[nH]1. The van der Waals surface area contributed by atoms with Crippen LogP contribution in [-0.4, -0.2) is 42.7 Å². The molecular weight excluding hydrogens is 316 g/mol. The van der Waals surface area contributed by atoms with Gasteiger partial charge < -0.3 is 15.4 Å². The topological polar surface area (TPSA) is 154 Å². The Balaban J connectivity index is 1.83. The second kappa shape index (κ2) is 6.12. The number of nitrogens with one attached hydrogen (secondary N) is 3. The molecule has 0 spiro atoms. The number of hydrogen-bond acceptors (Lipinski definition) is 7. The maximum Gasteiger partial charge on any atom is 0.268 e. The summed E-state index contributed by atoms with van der Waals surface area (Å²) in [7, 11) is 0. The van der Waals surface area contributed by atoms with E-state index in [1.165, 1.54) is 0 Å². The van der Waals surface area contributed by atoms with Gasteiger partial charge in [-0.3, -0.25) is 14.4 Å². The summed E-state index contributed by atoms with van der Waals surface area (Å²) in [5.41, 5.74) is 0.308. The zero-order chi connectivity index (χ0) is 17.1. The number of rotatable bonds is 4. The summed E-state index contributed by atoms with van der Waals surface area (Å²) in [4.78, 5) is 39.9. The molecule has 24 heavy (non-hydrogen) atoms. The monoisotopic (exact) mass is 326 g/mol. The third-order valence-corrected chi connectivity index (χ3v) is 3.11. The molecule has 10 nitrogen and oxygen atoms in total. The van der Waals surface area contributed by atoms with Crippen LogP contribution in [0.3, 0.4) is 0 Å². The number of aromatic amines is 2. The molecule has 0 atom stereocenters. The summed E-state index contributed by atoms with van der Waals surface area (Å²) in [5, 5.41) is 22.2. The molecule has 4 N–H and O–H groups in total. The fraction of sp³-hybridized carbons (Fsp3) is 0. The number of nitrogens with zero attached hydrogens (tertiary/aromatic N) is 3. The first-order valence-electron chi connectivity index (χ1n) is 6.64. The number of amides is 1. The zero-order valence-electron chi connectivity index (χ0n) is 12.0. The quantitative estimate of drug-likeness (QED) is 0.503. The fourth-order valence-corrected chi connectivity index (χ4v) is 2.00. The minimum Gasteiger partial charge on any atom is -0.493 e. The van der Waals surface area contributed by atoms with Crippen molar-refractivity contribution < 1.29 is 14.7 Å². The van der Waals surface area contributed by atoms with Crippen molar-refractivity contribution in [1.29, 1.82) is 0 Å². The van der Waals surface area contributed by atoms with Crippen LogP contribution in [0.1, 0.15) is 21.0 Å². The van der Waals surface area contributed by atoms with Gasteiger partial charge in [0.05, 0.1) is 6.20 Å². The van der Waals surface area contributed by atoms with Gasteiger partial charge in [0, 0.05) is 11.3 Å². The largest absolute Gasteiger partial charge is 0.493 e. The molecule has 0 bridgehead atoms. The standard InChI is InChI=1S/C14H10N6O4/c21-6-10-17-13(23)11(14(24)18-10)12(22)16-8-3-1-7(2-4-8)9-5-15-20-19-9/h1-6H,(H,16,22)(H,15,19,20)(H2,17,18,23,24). The van der Waals surface area contributed by atoms with Crippen LogP contribution in [0.2, 0.25) is 0 Å². The number of aldehydes is 1.